The molecule has 1 amide bonds. The fraction of sp³-hybridized carbons (Fsp3) is 0.421. The molecule has 1 aliphatic rings. The standard InChI is InChI=1S/C19H26N6O2/c1-22-15-16(20)24-19(21)25-18(15)27-11-12-7-9-14(10-8-12)23-17(26)13-5-3-2-4-6-13/h7-10,13,22H,2-6,11H2,1H3,(H,23,26)(H4,20,21,24,25). The van der Waals surface area contributed by atoms with Crippen molar-refractivity contribution in [1.29, 1.82) is 0 Å². The van der Waals surface area contributed by atoms with Gasteiger partial charge in [0.05, 0.1) is 0 Å². The van der Waals surface area contributed by atoms with Crippen molar-refractivity contribution in [1.82, 2.24) is 9.97 Å². The summed E-state index contributed by atoms with van der Waals surface area (Å²) in [7, 11) is 1.71. The first-order chi connectivity index (χ1) is 13.1. The summed E-state index contributed by atoms with van der Waals surface area (Å²) < 4.78 is 5.73. The Morgan fingerprint density at radius 2 is 1.85 bits per heavy atom. The van der Waals surface area contributed by atoms with Crippen LogP contribution in [0.3, 0.4) is 0 Å². The first kappa shape index (κ1) is 18.8. The molecule has 1 aliphatic carbocycles. The van der Waals surface area contributed by atoms with E-state index in [1.165, 1.54) is 6.42 Å². The Bertz CT molecular complexity index is 788. The van der Waals surface area contributed by atoms with Crippen molar-refractivity contribution in [3.63, 3.8) is 0 Å². The lowest BCUT2D eigenvalue weighted by Gasteiger charge is -2.20. The Morgan fingerprint density at radius 1 is 1.15 bits per heavy atom. The number of rotatable bonds is 6. The molecule has 0 bridgehead atoms. The van der Waals surface area contributed by atoms with E-state index >= 15 is 0 Å². The monoisotopic (exact) mass is 370 g/mol. The number of carbonyl (C=O) groups excluding carboxylic acids is 1. The molecule has 2 aromatic rings. The van der Waals surface area contributed by atoms with Crippen molar-refractivity contribution in [2.24, 2.45) is 5.92 Å². The molecule has 1 fully saturated rings. The number of aromatic nitrogens is 2. The topological polar surface area (TPSA) is 128 Å². The highest BCUT2D eigenvalue weighted by Gasteiger charge is 2.21. The van der Waals surface area contributed by atoms with E-state index in [1.807, 2.05) is 24.3 Å². The minimum atomic E-state index is 0.0577. The van der Waals surface area contributed by atoms with Crippen molar-refractivity contribution < 1.29 is 9.53 Å². The smallest absolute Gasteiger partial charge is 0.244 e. The van der Waals surface area contributed by atoms with Gasteiger partial charge >= 0.3 is 0 Å². The number of benzene rings is 1. The van der Waals surface area contributed by atoms with Crippen molar-refractivity contribution in [2.45, 2.75) is 38.7 Å². The summed E-state index contributed by atoms with van der Waals surface area (Å²) in [4.78, 5) is 20.3. The van der Waals surface area contributed by atoms with E-state index in [2.05, 4.69) is 20.6 Å². The van der Waals surface area contributed by atoms with E-state index in [0.717, 1.165) is 36.9 Å². The van der Waals surface area contributed by atoms with Gasteiger partial charge in [-0.1, -0.05) is 31.4 Å². The van der Waals surface area contributed by atoms with Gasteiger partial charge in [0.1, 0.15) is 12.3 Å². The summed E-state index contributed by atoms with van der Waals surface area (Å²) in [6.45, 7) is 0.293. The van der Waals surface area contributed by atoms with Crippen LogP contribution >= 0.6 is 0 Å². The molecule has 0 spiro atoms. The highest BCUT2D eigenvalue weighted by atomic mass is 16.5. The highest BCUT2D eigenvalue weighted by Crippen LogP contribution is 2.28. The maximum absolute atomic E-state index is 12.3. The summed E-state index contributed by atoms with van der Waals surface area (Å²) in [5.74, 6) is 0.847. The van der Waals surface area contributed by atoms with Gasteiger partial charge in [0.15, 0.2) is 5.82 Å². The predicted octanol–water partition coefficient (Wildman–Crippen LogP) is 2.78. The molecule has 1 aromatic heterocycles. The normalized spacial score (nSPS) is 14.6. The van der Waals surface area contributed by atoms with Crippen molar-refractivity contribution >= 4 is 29.0 Å². The van der Waals surface area contributed by atoms with Gasteiger partial charge in [-0.3, -0.25) is 4.79 Å². The highest BCUT2D eigenvalue weighted by molar-refractivity contribution is 5.92. The molecule has 0 saturated heterocycles. The number of nitrogens with two attached hydrogens (primary N) is 2. The zero-order valence-electron chi connectivity index (χ0n) is 15.5. The molecule has 0 unspecified atom stereocenters. The van der Waals surface area contributed by atoms with E-state index in [0.29, 0.717) is 18.2 Å². The average molecular weight is 370 g/mol. The van der Waals surface area contributed by atoms with Crippen LogP contribution in [0.2, 0.25) is 0 Å². The Morgan fingerprint density at radius 3 is 2.52 bits per heavy atom. The van der Waals surface area contributed by atoms with Crippen molar-refractivity contribution in [2.75, 3.05) is 29.1 Å². The minimum absolute atomic E-state index is 0.0577. The van der Waals surface area contributed by atoms with Gasteiger partial charge < -0.3 is 26.8 Å². The second-order valence-corrected chi connectivity index (χ2v) is 6.71. The molecule has 0 radical (unpaired) electrons. The van der Waals surface area contributed by atoms with Gasteiger partial charge in [-0.15, -0.1) is 0 Å². The number of nitrogen functional groups attached to an aromatic ring is 2. The lowest BCUT2D eigenvalue weighted by atomic mass is 9.88. The second kappa shape index (κ2) is 8.57. The largest absolute Gasteiger partial charge is 0.471 e. The number of carbonyl (C=O) groups is 1. The third-order valence-corrected chi connectivity index (χ3v) is 4.74. The van der Waals surface area contributed by atoms with Gasteiger partial charge in [-0.2, -0.15) is 9.97 Å². The molecule has 8 heteroatoms. The van der Waals surface area contributed by atoms with Crippen LogP contribution in [0, 0.1) is 5.92 Å². The van der Waals surface area contributed by atoms with Gasteiger partial charge in [-0.25, -0.2) is 0 Å². The Hall–Kier alpha value is -3.03. The van der Waals surface area contributed by atoms with Gasteiger partial charge in [-0.05, 0) is 30.5 Å². The van der Waals surface area contributed by atoms with E-state index in [4.69, 9.17) is 16.2 Å². The van der Waals surface area contributed by atoms with E-state index < -0.39 is 0 Å². The molecule has 1 saturated carbocycles. The third kappa shape index (κ3) is 4.78. The van der Waals surface area contributed by atoms with Crippen LogP contribution in [0.15, 0.2) is 24.3 Å². The minimum Gasteiger partial charge on any atom is -0.471 e. The summed E-state index contributed by atoms with van der Waals surface area (Å²) in [5, 5.41) is 5.91. The molecule has 144 valence electrons. The maximum Gasteiger partial charge on any atom is 0.244 e. The van der Waals surface area contributed by atoms with Crippen LogP contribution in [0.1, 0.15) is 37.7 Å². The van der Waals surface area contributed by atoms with Gasteiger partial charge in [0.2, 0.25) is 17.7 Å². The van der Waals surface area contributed by atoms with Crippen LogP contribution < -0.4 is 26.8 Å². The number of nitrogens with zero attached hydrogens (tertiary/aromatic N) is 2. The van der Waals surface area contributed by atoms with Crippen LogP contribution in [0.25, 0.3) is 0 Å². The fourth-order valence-corrected chi connectivity index (χ4v) is 3.26. The SMILES string of the molecule is CNc1c(N)nc(N)nc1OCc1ccc(NC(=O)C2CCCCC2)cc1. The summed E-state index contributed by atoms with van der Waals surface area (Å²) in [6.07, 6.45) is 5.48. The molecule has 0 aliphatic heterocycles. The van der Waals surface area contributed by atoms with E-state index in [-0.39, 0.29) is 23.6 Å². The quantitative estimate of drug-likeness (QED) is 0.615. The molecule has 1 heterocycles. The number of ether oxygens (including phenoxy) is 1. The molecular formula is C19H26N6O2. The molecule has 1 aromatic carbocycles. The van der Waals surface area contributed by atoms with Gasteiger partial charge in [0.25, 0.3) is 0 Å². The fourth-order valence-electron chi connectivity index (χ4n) is 3.26. The van der Waals surface area contributed by atoms with Crippen LogP contribution in [0.4, 0.5) is 23.1 Å². The summed E-state index contributed by atoms with van der Waals surface area (Å²) in [6, 6.07) is 7.56. The first-order valence-electron chi connectivity index (χ1n) is 9.20. The lowest BCUT2D eigenvalue weighted by molar-refractivity contribution is -0.120. The van der Waals surface area contributed by atoms with E-state index in [9.17, 15) is 4.79 Å². The number of nitrogens with one attached hydrogen (secondary N) is 2. The van der Waals surface area contributed by atoms with Crippen molar-refractivity contribution in [3.8, 4) is 5.88 Å². The molecule has 27 heavy (non-hydrogen) atoms. The second-order valence-electron chi connectivity index (χ2n) is 6.71. The van der Waals surface area contributed by atoms with Crippen LogP contribution in [-0.4, -0.2) is 22.9 Å². The number of hydrogen-bond donors (Lipinski definition) is 4. The summed E-state index contributed by atoms with van der Waals surface area (Å²) >= 11 is 0. The van der Waals surface area contributed by atoms with Crippen molar-refractivity contribution in [3.05, 3.63) is 29.8 Å². The predicted molar refractivity (Wildman–Crippen MR) is 106 cm³/mol. The number of anilines is 4. The average Bonchev–Trinajstić information content (AvgIpc) is 2.68. The maximum atomic E-state index is 12.3. The molecule has 3 rings (SSSR count). The van der Waals surface area contributed by atoms with Gasteiger partial charge in [0, 0.05) is 18.7 Å². The van der Waals surface area contributed by atoms with Crippen LogP contribution in [-0.2, 0) is 11.4 Å². The zero-order valence-corrected chi connectivity index (χ0v) is 15.5. The Kier molecular flexibility index (Phi) is 5.95. The molecular weight excluding hydrogens is 344 g/mol. The molecule has 8 nitrogen and oxygen atoms in total. The van der Waals surface area contributed by atoms with Crippen LogP contribution in [0.5, 0.6) is 5.88 Å². The Balaban J connectivity index is 1.59. The zero-order chi connectivity index (χ0) is 19.2. The molecule has 0 atom stereocenters. The lowest BCUT2D eigenvalue weighted by Crippen LogP contribution is -2.24. The molecule has 6 N–H and O–H groups in total. The summed E-state index contributed by atoms with van der Waals surface area (Å²) in [5.41, 5.74) is 13.7. The number of hydrogen-bond acceptors (Lipinski definition) is 7. The Labute approximate surface area is 158 Å². The van der Waals surface area contributed by atoms with E-state index in [1.54, 1.807) is 7.05 Å². The number of amides is 1. The first-order valence-corrected chi connectivity index (χ1v) is 9.20. The third-order valence-electron chi connectivity index (χ3n) is 4.74.